The number of benzene rings is 2. The molecule has 2 aliphatic rings. The molecule has 0 N–H and O–H groups in total. The number of carbonyl (C=O) groups is 1. The molecule has 0 atom stereocenters. The minimum Gasteiger partial charge on any atom is -0.466 e. The van der Waals surface area contributed by atoms with E-state index in [9.17, 15) is 4.79 Å². The van der Waals surface area contributed by atoms with Crippen molar-refractivity contribution >= 4 is 17.3 Å². The summed E-state index contributed by atoms with van der Waals surface area (Å²) in [5.41, 5.74) is 6.89. The summed E-state index contributed by atoms with van der Waals surface area (Å²) in [7, 11) is 0. The molecule has 0 aliphatic carbocycles. The van der Waals surface area contributed by atoms with Crippen molar-refractivity contribution < 1.29 is 9.53 Å². The van der Waals surface area contributed by atoms with Crippen molar-refractivity contribution in [2.24, 2.45) is 5.92 Å². The Morgan fingerprint density at radius 2 is 1.86 bits per heavy atom. The van der Waals surface area contributed by atoms with E-state index in [0.717, 1.165) is 39.0 Å². The third kappa shape index (κ3) is 4.42. The highest BCUT2D eigenvalue weighted by atomic mass is 16.5. The first-order valence-corrected chi connectivity index (χ1v) is 11.0. The van der Waals surface area contributed by atoms with Gasteiger partial charge in [0, 0.05) is 37.6 Å². The van der Waals surface area contributed by atoms with Crippen molar-refractivity contribution in [2.45, 2.75) is 46.1 Å². The number of aryl methyl sites for hydroxylation is 2. The van der Waals surface area contributed by atoms with E-state index < -0.39 is 0 Å². The van der Waals surface area contributed by atoms with Crippen LogP contribution in [0.15, 0.2) is 42.5 Å². The average molecular weight is 393 g/mol. The van der Waals surface area contributed by atoms with Gasteiger partial charge in [0.15, 0.2) is 0 Å². The Morgan fingerprint density at radius 1 is 1.07 bits per heavy atom. The first-order valence-electron chi connectivity index (χ1n) is 11.0. The fourth-order valence-electron chi connectivity index (χ4n) is 4.74. The zero-order valence-corrected chi connectivity index (χ0v) is 17.7. The van der Waals surface area contributed by atoms with E-state index in [4.69, 9.17) is 4.74 Å². The van der Waals surface area contributed by atoms with Gasteiger partial charge in [0.25, 0.3) is 0 Å². The number of para-hydroxylation sites is 1. The van der Waals surface area contributed by atoms with Crippen molar-refractivity contribution in [1.29, 1.82) is 0 Å². The topological polar surface area (TPSA) is 32.8 Å². The van der Waals surface area contributed by atoms with E-state index in [1.807, 2.05) is 6.92 Å². The third-order valence-electron chi connectivity index (χ3n) is 6.26. The van der Waals surface area contributed by atoms with Gasteiger partial charge in [0.05, 0.1) is 12.5 Å². The average Bonchev–Trinajstić information content (AvgIpc) is 2.74. The summed E-state index contributed by atoms with van der Waals surface area (Å²) >= 11 is 0. The third-order valence-corrected chi connectivity index (χ3v) is 6.26. The van der Waals surface area contributed by atoms with Crippen LogP contribution < -0.4 is 9.80 Å². The lowest BCUT2D eigenvalue weighted by atomic mass is 9.95. The molecule has 29 heavy (non-hydrogen) atoms. The maximum atomic E-state index is 12.1. The van der Waals surface area contributed by atoms with E-state index >= 15 is 0 Å². The molecule has 4 nitrogen and oxygen atoms in total. The molecule has 0 bridgehead atoms. The number of fused-ring (bicyclic) bond motifs is 1. The second-order valence-corrected chi connectivity index (χ2v) is 8.30. The normalized spacial score (nSPS) is 17.2. The molecule has 1 saturated heterocycles. The van der Waals surface area contributed by atoms with Crippen LogP contribution in [0, 0.1) is 12.8 Å². The van der Waals surface area contributed by atoms with E-state index in [-0.39, 0.29) is 11.9 Å². The highest BCUT2D eigenvalue weighted by Gasteiger charge is 2.27. The Kier molecular flexibility index (Phi) is 6.08. The Morgan fingerprint density at radius 3 is 2.66 bits per heavy atom. The fourth-order valence-corrected chi connectivity index (χ4v) is 4.74. The first kappa shape index (κ1) is 19.8. The van der Waals surface area contributed by atoms with Crippen molar-refractivity contribution in [3.05, 3.63) is 59.2 Å². The fraction of sp³-hybridized carbons (Fsp3) is 0.480. The molecular formula is C25H32N2O2. The van der Waals surface area contributed by atoms with Crippen LogP contribution in [-0.2, 0) is 22.5 Å². The molecule has 0 saturated carbocycles. The maximum Gasteiger partial charge on any atom is 0.309 e. The SMILES string of the molecule is CCOC(=O)C1CCN(c2ccccc2CN2CCCc3cc(C)ccc32)CC1. The van der Waals surface area contributed by atoms with Gasteiger partial charge in [0.1, 0.15) is 0 Å². The van der Waals surface area contributed by atoms with Gasteiger partial charge in [0.2, 0.25) is 0 Å². The van der Waals surface area contributed by atoms with Crippen LogP contribution in [0.2, 0.25) is 0 Å². The van der Waals surface area contributed by atoms with Gasteiger partial charge >= 0.3 is 5.97 Å². The summed E-state index contributed by atoms with van der Waals surface area (Å²) in [4.78, 5) is 17.0. The number of anilines is 2. The quantitative estimate of drug-likeness (QED) is 0.689. The maximum absolute atomic E-state index is 12.1. The molecule has 0 aromatic heterocycles. The van der Waals surface area contributed by atoms with Crippen LogP contribution in [0.5, 0.6) is 0 Å². The van der Waals surface area contributed by atoms with Crippen LogP contribution in [0.4, 0.5) is 11.4 Å². The summed E-state index contributed by atoms with van der Waals surface area (Å²) in [6.07, 6.45) is 4.14. The molecule has 2 aliphatic heterocycles. The first-order chi connectivity index (χ1) is 14.2. The highest BCUT2D eigenvalue weighted by molar-refractivity contribution is 5.73. The monoisotopic (exact) mass is 392 g/mol. The van der Waals surface area contributed by atoms with Crippen LogP contribution in [0.3, 0.4) is 0 Å². The molecule has 4 rings (SSSR count). The minimum atomic E-state index is -0.0272. The van der Waals surface area contributed by atoms with Crippen molar-refractivity contribution in [3.63, 3.8) is 0 Å². The van der Waals surface area contributed by atoms with Gasteiger partial charge in [-0.05, 0) is 62.8 Å². The van der Waals surface area contributed by atoms with Gasteiger partial charge in [-0.15, -0.1) is 0 Å². The van der Waals surface area contributed by atoms with Crippen LogP contribution >= 0.6 is 0 Å². The number of hydrogen-bond acceptors (Lipinski definition) is 4. The van der Waals surface area contributed by atoms with E-state index in [1.54, 1.807) is 0 Å². The molecule has 2 heterocycles. The zero-order chi connectivity index (χ0) is 20.2. The number of nitrogens with zero attached hydrogens (tertiary/aromatic N) is 2. The summed E-state index contributed by atoms with van der Waals surface area (Å²) in [5.74, 6) is 0.0243. The van der Waals surface area contributed by atoms with Gasteiger partial charge in [-0.2, -0.15) is 0 Å². The number of ether oxygens (including phenoxy) is 1. The summed E-state index contributed by atoms with van der Waals surface area (Å²) in [6, 6.07) is 15.6. The molecule has 0 amide bonds. The Balaban J connectivity index is 1.48. The predicted molar refractivity (Wildman–Crippen MR) is 119 cm³/mol. The van der Waals surface area contributed by atoms with Crippen molar-refractivity contribution in [2.75, 3.05) is 36.0 Å². The number of carbonyl (C=O) groups excluding carboxylic acids is 1. The van der Waals surface area contributed by atoms with E-state index in [2.05, 4.69) is 59.2 Å². The summed E-state index contributed by atoms with van der Waals surface area (Å²) < 4.78 is 5.22. The molecule has 1 fully saturated rings. The molecule has 0 unspecified atom stereocenters. The Labute approximate surface area is 174 Å². The van der Waals surface area contributed by atoms with Gasteiger partial charge < -0.3 is 14.5 Å². The smallest absolute Gasteiger partial charge is 0.309 e. The molecule has 2 aromatic carbocycles. The number of rotatable bonds is 5. The predicted octanol–water partition coefficient (Wildman–Crippen LogP) is 4.73. The molecule has 0 spiro atoms. The largest absolute Gasteiger partial charge is 0.466 e. The lowest BCUT2D eigenvalue weighted by molar-refractivity contribution is -0.148. The zero-order valence-electron chi connectivity index (χ0n) is 17.7. The number of esters is 1. The van der Waals surface area contributed by atoms with Gasteiger partial charge in [-0.1, -0.05) is 35.9 Å². The van der Waals surface area contributed by atoms with Crippen LogP contribution in [0.25, 0.3) is 0 Å². The van der Waals surface area contributed by atoms with E-state index in [1.165, 1.54) is 40.9 Å². The second kappa shape index (κ2) is 8.89. The Hall–Kier alpha value is -2.49. The molecule has 0 radical (unpaired) electrons. The van der Waals surface area contributed by atoms with Crippen LogP contribution in [-0.4, -0.2) is 32.2 Å². The number of hydrogen-bond donors (Lipinski definition) is 0. The van der Waals surface area contributed by atoms with Crippen molar-refractivity contribution in [3.8, 4) is 0 Å². The number of piperidine rings is 1. The standard InChI is InChI=1S/C25H32N2O2/c1-3-29-25(28)20-12-15-26(16-13-20)23-9-5-4-7-22(23)18-27-14-6-8-21-17-19(2)10-11-24(21)27/h4-5,7,9-11,17,20H,3,6,8,12-16,18H2,1-2H3. The molecule has 2 aromatic rings. The molecule has 154 valence electrons. The van der Waals surface area contributed by atoms with E-state index in [0.29, 0.717) is 6.61 Å². The Bertz CT molecular complexity index is 856. The van der Waals surface area contributed by atoms with Gasteiger partial charge in [-0.25, -0.2) is 0 Å². The van der Waals surface area contributed by atoms with Gasteiger partial charge in [-0.3, -0.25) is 4.79 Å². The second-order valence-electron chi connectivity index (χ2n) is 8.30. The highest BCUT2D eigenvalue weighted by Crippen LogP contribution is 2.32. The van der Waals surface area contributed by atoms with Crippen molar-refractivity contribution in [1.82, 2.24) is 0 Å². The summed E-state index contributed by atoms with van der Waals surface area (Å²) in [6.45, 7) is 8.39. The lowest BCUT2D eigenvalue weighted by Crippen LogP contribution is -2.38. The molecule has 4 heteroatoms. The lowest BCUT2D eigenvalue weighted by Gasteiger charge is -2.36. The van der Waals surface area contributed by atoms with Crippen LogP contribution in [0.1, 0.15) is 42.9 Å². The summed E-state index contributed by atoms with van der Waals surface area (Å²) in [5, 5.41) is 0. The minimum absolute atomic E-state index is 0.0272. The molecular weight excluding hydrogens is 360 g/mol.